The second-order valence-corrected chi connectivity index (χ2v) is 5.78. The molecular weight excluding hydrogens is 262 g/mol. The second kappa shape index (κ2) is 6.34. The zero-order valence-electron chi connectivity index (χ0n) is 11.8. The largest absolute Gasteiger partial charge is 0.461 e. The Kier molecular flexibility index (Phi) is 4.76. The van der Waals surface area contributed by atoms with Gasteiger partial charge in [-0.25, -0.2) is 9.78 Å². The van der Waals surface area contributed by atoms with Crippen LogP contribution < -0.4 is 4.90 Å². The average Bonchev–Trinajstić information content (AvgIpc) is 2.89. The van der Waals surface area contributed by atoms with Crippen molar-refractivity contribution in [2.45, 2.75) is 25.8 Å². The SMILES string of the molecule is CCOC(=O)c1csc(N2CCCC(N(C)C)C2)n1. The summed E-state index contributed by atoms with van der Waals surface area (Å²) in [5, 5.41) is 2.71. The Hall–Kier alpha value is -1.14. The molecule has 0 N–H and O–H groups in total. The van der Waals surface area contributed by atoms with Crippen molar-refractivity contribution in [3.63, 3.8) is 0 Å². The number of carbonyl (C=O) groups excluding carboxylic acids is 1. The van der Waals surface area contributed by atoms with E-state index in [1.54, 1.807) is 12.3 Å². The van der Waals surface area contributed by atoms with Gasteiger partial charge in [0.2, 0.25) is 0 Å². The summed E-state index contributed by atoms with van der Waals surface area (Å²) >= 11 is 1.52. The number of thiazole rings is 1. The first-order valence-corrected chi connectivity index (χ1v) is 7.53. The average molecular weight is 283 g/mol. The predicted octanol–water partition coefficient (Wildman–Crippen LogP) is 1.85. The third kappa shape index (κ3) is 3.45. The molecule has 5 nitrogen and oxygen atoms in total. The fraction of sp³-hybridized carbons (Fsp3) is 0.692. The zero-order valence-corrected chi connectivity index (χ0v) is 12.6. The molecule has 0 aliphatic carbocycles. The molecule has 1 aliphatic rings. The normalized spacial score (nSPS) is 19.8. The Balaban J connectivity index is 2.03. The highest BCUT2D eigenvalue weighted by atomic mass is 32.1. The molecule has 2 heterocycles. The topological polar surface area (TPSA) is 45.7 Å². The van der Waals surface area contributed by atoms with E-state index in [9.17, 15) is 4.79 Å². The summed E-state index contributed by atoms with van der Waals surface area (Å²) in [5.74, 6) is -0.328. The zero-order chi connectivity index (χ0) is 13.8. The van der Waals surface area contributed by atoms with Gasteiger partial charge in [-0.15, -0.1) is 11.3 Å². The highest BCUT2D eigenvalue weighted by molar-refractivity contribution is 7.13. The standard InChI is InChI=1S/C13H21N3O2S/c1-4-18-12(17)11-9-19-13(14-11)16-7-5-6-10(8-16)15(2)3/h9-10H,4-8H2,1-3H3. The lowest BCUT2D eigenvalue weighted by Crippen LogP contribution is -2.45. The number of aromatic nitrogens is 1. The molecule has 0 spiro atoms. The van der Waals surface area contributed by atoms with Crippen LogP contribution in [0, 0.1) is 0 Å². The van der Waals surface area contributed by atoms with Crippen LogP contribution in [-0.2, 0) is 4.74 Å². The van der Waals surface area contributed by atoms with Gasteiger partial charge in [0.1, 0.15) is 0 Å². The Morgan fingerprint density at radius 1 is 1.63 bits per heavy atom. The van der Waals surface area contributed by atoms with Gasteiger partial charge in [0.05, 0.1) is 6.61 Å². The molecule has 1 aromatic rings. The van der Waals surface area contributed by atoms with Crippen molar-refractivity contribution >= 4 is 22.4 Å². The summed E-state index contributed by atoms with van der Waals surface area (Å²) in [6.07, 6.45) is 2.39. The second-order valence-electron chi connectivity index (χ2n) is 4.94. The number of likely N-dealkylation sites (N-methyl/N-ethyl adjacent to an activating group) is 1. The number of rotatable bonds is 4. The molecule has 1 atom stereocenters. The van der Waals surface area contributed by atoms with Crippen LogP contribution in [0.1, 0.15) is 30.3 Å². The fourth-order valence-electron chi connectivity index (χ4n) is 2.26. The van der Waals surface area contributed by atoms with Gasteiger partial charge < -0.3 is 14.5 Å². The van der Waals surface area contributed by atoms with E-state index in [1.807, 2.05) is 0 Å². The molecule has 2 rings (SSSR count). The number of esters is 1. The van der Waals surface area contributed by atoms with Gasteiger partial charge in [-0.05, 0) is 33.9 Å². The van der Waals surface area contributed by atoms with Crippen molar-refractivity contribution in [2.24, 2.45) is 0 Å². The van der Waals surface area contributed by atoms with Gasteiger partial charge >= 0.3 is 5.97 Å². The van der Waals surface area contributed by atoms with E-state index in [2.05, 4.69) is 28.9 Å². The van der Waals surface area contributed by atoms with Crippen LogP contribution in [0.5, 0.6) is 0 Å². The number of hydrogen-bond donors (Lipinski definition) is 0. The molecule has 0 bridgehead atoms. The van der Waals surface area contributed by atoms with E-state index >= 15 is 0 Å². The van der Waals surface area contributed by atoms with E-state index in [0.29, 0.717) is 18.3 Å². The summed E-state index contributed by atoms with van der Waals surface area (Å²) in [6, 6.07) is 0.559. The van der Waals surface area contributed by atoms with Crippen LogP contribution in [0.15, 0.2) is 5.38 Å². The minimum Gasteiger partial charge on any atom is -0.461 e. The predicted molar refractivity (Wildman–Crippen MR) is 77.0 cm³/mol. The molecule has 106 valence electrons. The summed E-state index contributed by atoms with van der Waals surface area (Å²) in [5.41, 5.74) is 0.425. The van der Waals surface area contributed by atoms with Gasteiger partial charge in [0, 0.05) is 24.5 Å². The Bertz CT molecular complexity index is 433. The number of nitrogens with zero attached hydrogens (tertiary/aromatic N) is 3. The lowest BCUT2D eigenvalue weighted by Gasteiger charge is -2.35. The highest BCUT2D eigenvalue weighted by Gasteiger charge is 2.24. The van der Waals surface area contributed by atoms with Crippen LogP contribution in [0.4, 0.5) is 5.13 Å². The summed E-state index contributed by atoms with van der Waals surface area (Å²) < 4.78 is 4.97. The lowest BCUT2D eigenvalue weighted by molar-refractivity contribution is 0.0520. The van der Waals surface area contributed by atoms with Gasteiger partial charge in [-0.2, -0.15) is 0 Å². The number of ether oxygens (including phenoxy) is 1. The maximum Gasteiger partial charge on any atom is 0.357 e. The molecule has 1 unspecified atom stereocenters. The van der Waals surface area contributed by atoms with Crippen LogP contribution in [0.3, 0.4) is 0 Å². The van der Waals surface area contributed by atoms with Crippen molar-refractivity contribution in [3.8, 4) is 0 Å². The van der Waals surface area contributed by atoms with E-state index in [1.165, 1.54) is 17.8 Å². The molecule has 1 aromatic heterocycles. The van der Waals surface area contributed by atoms with Crippen LogP contribution >= 0.6 is 11.3 Å². The van der Waals surface area contributed by atoms with Gasteiger partial charge in [0.25, 0.3) is 0 Å². The third-order valence-electron chi connectivity index (χ3n) is 3.37. The number of carbonyl (C=O) groups is 1. The maximum absolute atomic E-state index is 11.6. The van der Waals surface area contributed by atoms with Crippen molar-refractivity contribution in [1.29, 1.82) is 0 Å². The minimum atomic E-state index is -0.328. The molecule has 0 radical (unpaired) electrons. The minimum absolute atomic E-state index is 0.328. The number of anilines is 1. The summed E-state index contributed by atoms with van der Waals surface area (Å²) in [6.45, 7) is 4.18. The van der Waals surface area contributed by atoms with Crippen molar-refractivity contribution in [2.75, 3.05) is 38.7 Å². The molecule has 0 amide bonds. The molecule has 6 heteroatoms. The fourth-order valence-corrected chi connectivity index (χ4v) is 3.09. The third-order valence-corrected chi connectivity index (χ3v) is 4.28. The van der Waals surface area contributed by atoms with E-state index < -0.39 is 0 Å². The molecule has 1 saturated heterocycles. The first-order valence-electron chi connectivity index (χ1n) is 6.65. The number of piperidine rings is 1. The molecule has 1 fully saturated rings. The van der Waals surface area contributed by atoms with E-state index in [-0.39, 0.29) is 5.97 Å². The van der Waals surface area contributed by atoms with Crippen molar-refractivity contribution in [3.05, 3.63) is 11.1 Å². The highest BCUT2D eigenvalue weighted by Crippen LogP contribution is 2.25. The quantitative estimate of drug-likeness (QED) is 0.789. The van der Waals surface area contributed by atoms with Crippen LogP contribution in [0.25, 0.3) is 0 Å². The first kappa shape index (κ1) is 14.3. The first-order chi connectivity index (χ1) is 9.11. The van der Waals surface area contributed by atoms with Crippen LogP contribution in [-0.4, -0.2) is 55.7 Å². The Morgan fingerprint density at radius 2 is 2.42 bits per heavy atom. The number of hydrogen-bond acceptors (Lipinski definition) is 6. The lowest BCUT2D eigenvalue weighted by atomic mass is 10.1. The van der Waals surface area contributed by atoms with E-state index in [4.69, 9.17) is 4.74 Å². The van der Waals surface area contributed by atoms with Gasteiger partial charge in [-0.3, -0.25) is 0 Å². The van der Waals surface area contributed by atoms with E-state index in [0.717, 1.165) is 24.6 Å². The van der Waals surface area contributed by atoms with Gasteiger partial charge in [-0.1, -0.05) is 0 Å². The molecule has 1 aliphatic heterocycles. The molecule has 0 saturated carbocycles. The maximum atomic E-state index is 11.6. The molecule has 0 aromatic carbocycles. The van der Waals surface area contributed by atoms with Crippen LogP contribution in [0.2, 0.25) is 0 Å². The van der Waals surface area contributed by atoms with Gasteiger partial charge in [0.15, 0.2) is 10.8 Å². The van der Waals surface area contributed by atoms with Crippen molar-refractivity contribution < 1.29 is 9.53 Å². The van der Waals surface area contributed by atoms with Crippen molar-refractivity contribution in [1.82, 2.24) is 9.88 Å². The monoisotopic (exact) mass is 283 g/mol. The summed E-state index contributed by atoms with van der Waals surface area (Å²) in [4.78, 5) is 20.5. The molecule has 19 heavy (non-hydrogen) atoms. The Labute approximate surface area is 118 Å². The molecular formula is C13H21N3O2S. The summed E-state index contributed by atoms with van der Waals surface area (Å²) in [7, 11) is 4.22. The smallest absolute Gasteiger partial charge is 0.357 e. The Morgan fingerprint density at radius 3 is 3.11 bits per heavy atom.